The van der Waals surface area contributed by atoms with Crippen LogP contribution in [0.25, 0.3) is 28.0 Å². The Morgan fingerprint density at radius 2 is 1.76 bits per heavy atom. The van der Waals surface area contributed by atoms with Crippen LogP contribution in [0.5, 0.6) is 5.75 Å². The number of aryl methyl sites for hydroxylation is 1. The summed E-state index contributed by atoms with van der Waals surface area (Å²) in [6.45, 7) is 9.51. The maximum Gasteiger partial charge on any atom is 0.407 e. The number of carbonyl (C=O) groups is 1. The molecule has 2 unspecified atom stereocenters. The highest BCUT2D eigenvalue weighted by molar-refractivity contribution is 5.91. The Bertz CT molecular complexity index is 1710. The summed E-state index contributed by atoms with van der Waals surface area (Å²) < 4.78 is 32.0. The van der Waals surface area contributed by atoms with Crippen molar-refractivity contribution in [3.63, 3.8) is 0 Å². The van der Waals surface area contributed by atoms with E-state index in [0.29, 0.717) is 16.9 Å². The molecule has 2 N–H and O–H groups in total. The first-order chi connectivity index (χ1) is 19.4. The minimum atomic E-state index is -1.06. The van der Waals surface area contributed by atoms with Crippen molar-refractivity contribution in [3.05, 3.63) is 69.9 Å². The van der Waals surface area contributed by atoms with Crippen molar-refractivity contribution in [2.75, 3.05) is 18.0 Å². The molecule has 0 saturated carbocycles. The van der Waals surface area contributed by atoms with E-state index >= 15 is 4.39 Å². The fourth-order valence-electron chi connectivity index (χ4n) is 5.61. The average molecular weight is 565 g/mol. The number of anilines is 1. The Hall–Kier alpha value is -4.61. The second-order valence-corrected chi connectivity index (χ2v) is 10.7. The van der Waals surface area contributed by atoms with Gasteiger partial charge in [0.1, 0.15) is 23.1 Å². The molecule has 4 heterocycles. The van der Waals surface area contributed by atoms with E-state index in [1.165, 1.54) is 21.6 Å². The van der Waals surface area contributed by atoms with Gasteiger partial charge >= 0.3 is 11.8 Å². The molecule has 12 heteroatoms. The molecule has 1 aliphatic rings. The highest BCUT2D eigenvalue weighted by atomic mass is 19.1. The molecule has 5 rings (SSSR count). The summed E-state index contributed by atoms with van der Waals surface area (Å²) in [5, 5.41) is 20.2. The number of fused-ring (bicyclic) bond motifs is 1. The van der Waals surface area contributed by atoms with E-state index in [1.54, 1.807) is 37.9 Å². The van der Waals surface area contributed by atoms with Crippen LogP contribution >= 0.6 is 0 Å². The number of halogens is 2. The number of phenolic OH excluding ortho intramolecular Hbond substituents is 1. The van der Waals surface area contributed by atoms with Gasteiger partial charge in [0.2, 0.25) is 0 Å². The maximum absolute atomic E-state index is 15.8. The summed E-state index contributed by atoms with van der Waals surface area (Å²) in [5.74, 6) is -2.29. The molecule has 4 aromatic rings. The quantitative estimate of drug-likeness (QED) is 0.361. The van der Waals surface area contributed by atoms with Crippen LogP contribution in [0.1, 0.15) is 44.9 Å². The van der Waals surface area contributed by atoms with E-state index in [-0.39, 0.29) is 35.9 Å². The molecule has 41 heavy (non-hydrogen) atoms. The SMILES string of the molecule is Cc1ccnc(C(C)C)c1-n1c(=O)nc(N2C(C)CN(C(=O)O)CC2C)c2cc(F)c(-c3c(O)cccc3F)nc21. The molecular weight excluding hydrogens is 534 g/mol. The predicted octanol–water partition coefficient (Wildman–Crippen LogP) is 4.84. The van der Waals surface area contributed by atoms with Gasteiger partial charge in [-0.3, -0.25) is 4.98 Å². The number of aromatic nitrogens is 4. The molecule has 2 atom stereocenters. The van der Waals surface area contributed by atoms with Crippen LogP contribution in [0.2, 0.25) is 0 Å². The van der Waals surface area contributed by atoms with E-state index in [1.807, 2.05) is 13.8 Å². The standard InChI is InChI=1S/C29H30F2N6O4/c1-14(2)23-25(15(3)9-10-32-23)37-26-18(11-20(31)24(33-26)22-19(30)7-6-8-21(22)38)27(34-28(37)39)36-16(4)12-35(29(40)41)13-17(36)5/h6-11,14,16-17,38H,12-13H2,1-5H3,(H,40,41). The van der Waals surface area contributed by atoms with E-state index in [4.69, 9.17) is 0 Å². The fourth-order valence-corrected chi connectivity index (χ4v) is 5.61. The minimum Gasteiger partial charge on any atom is -0.507 e. The molecule has 1 aromatic carbocycles. The topological polar surface area (TPSA) is 125 Å². The van der Waals surface area contributed by atoms with Crippen molar-refractivity contribution in [1.29, 1.82) is 0 Å². The number of rotatable bonds is 4. The second-order valence-electron chi connectivity index (χ2n) is 10.7. The summed E-state index contributed by atoms with van der Waals surface area (Å²) in [5.41, 5.74) is 0.0820. The normalized spacial score (nSPS) is 17.5. The smallest absolute Gasteiger partial charge is 0.407 e. The number of aromatic hydroxyl groups is 1. The molecule has 0 bridgehead atoms. The van der Waals surface area contributed by atoms with E-state index in [2.05, 4.69) is 15.0 Å². The zero-order valence-corrected chi connectivity index (χ0v) is 23.3. The van der Waals surface area contributed by atoms with Gasteiger partial charge in [-0.1, -0.05) is 19.9 Å². The maximum atomic E-state index is 15.8. The van der Waals surface area contributed by atoms with Crippen molar-refractivity contribution in [3.8, 4) is 22.7 Å². The average Bonchev–Trinajstić information content (AvgIpc) is 2.89. The van der Waals surface area contributed by atoms with Gasteiger partial charge in [0.25, 0.3) is 0 Å². The number of phenols is 1. The summed E-state index contributed by atoms with van der Waals surface area (Å²) in [6.07, 6.45) is 0.566. The molecular formula is C29H30F2N6O4. The Labute approximate surface area is 234 Å². The van der Waals surface area contributed by atoms with Gasteiger partial charge in [0.15, 0.2) is 11.5 Å². The van der Waals surface area contributed by atoms with Gasteiger partial charge < -0.3 is 20.0 Å². The van der Waals surface area contributed by atoms with Gasteiger partial charge in [-0.2, -0.15) is 4.98 Å². The molecule has 10 nitrogen and oxygen atoms in total. The van der Waals surface area contributed by atoms with Crippen LogP contribution in [0, 0.1) is 18.6 Å². The van der Waals surface area contributed by atoms with E-state index in [9.17, 15) is 24.2 Å². The van der Waals surface area contributed by atoms with E-state index in [0.717, 1.165) is 12.1 Å². The zero-order chi connectivity index (χ0) is 29.7. The lowest BCUT2D eigenvalue weighted by Crippen LogP contribution is -2.58. The van der Waals surface area contributed by atoms with E-state index < -0.39 is 52.5 Å². The lowest BCUT2D eigenvalue weighted by molar-refractivity contribution is 0.128. The van der Waals surface area contributed by atoms with Gasteiger partial charge in [-0.15, -0.1) is 0 Å². The lowest BCUT2D eigenvalue weighted by atomic mass is 10.0. The highest BCUT2D eigenvalue weighted by Gasteiger charge is 2.35. The Morgan fingerprint density at radius 1 is 1.07 bits per heavy atom. The van der Waals surface area contributed by atoms with Crippen LogP contribution in [0.3, 0.4) is 0 Å². The largest absolute Gasteiger partial charge is 0.507 e. The third-order valence-electron chi connectivity index (χ3n) is 7.39. The number of hydrogen-bond donors (Lipinski definition) is 2. The zero-order valence-electron chi connectivity index (χ0n) is 23.3. The Kier molecular flexibility index (Phi) is 7.10. The number of piperazine rings is 1. The summed E-state index contributed by atoms with van der Waals surface area (Å²) in [4.78, 5) is 42.0. The van der Waals surface area contributed by atoms with Gasteiger partial charge in [0.05, 0.1) is 22.3 Å². The number of pyridine rings is 2. The molecule has 1 amide bonds. The summed E-state index contributed by atoms with van der Waals surface area (Å²) >= 11 is 0. The molecule has 3 aromatic heterocycles. The predicted molar refractivity (Wildman–Crippen MR) is 150 cm³/mol. The summed E-state index contributed by atoms with van der Waals surface area (Å²) in [7, 11) is 0. The number of hydrogen-bond acceptors (Lipinski definition) is 7. The first-order valence-corrected chi connectivity index (χ1v) is 13.2. The minimum absolute atomic E-state index is 0.00267. The second kappa shape index (κ2) is 10.4. The monoisotopic (exact) mass is 564 g/mol. The van der Waals surface area contributed by atoms with Crippen molar-refractivity contribution < 1.29 is 23.8 Å². The number of nitrogens with zero attached hydrogens (tertiary/aromatic N) is 6. The third kappa shape index (κ3) is 4.72. The third-order valence-corrected chi connectivity index (χ3v) is 7.39. The van der Waals surface area contributed by atoms with Crippen molar-refractivity contribution in [2.24, 2.45) is 0 Å². The van der Waals surface area contributed by atoms with Crippen LogP contribution in [0.15, 0.2) is 41.3 Å². The first-order valence-electron chi connectivity index (χ1n) is 13.2. The van der Waals surface area contributed by atoms with Crippen LogP contribution in [-0.2, 0) is 0 Å². The number of amides is 1. The van der Waals surface area contributed by atoms with Crippen molar-refractivity contribution in [1.82, 2.24) is 24.4 Å². The molecule has 0 aliphatic carbocycles. The first kappa shape index (κ1) is 27.9. The molecule has 1 saturated heterocycles. The van der Waals surface area contributed by atoms with Gasteiger partial charge in [0, 0.05) is 31.4 Å². The fraction of sp³-hybridized carbons (Fsp3) is 0.345. The number of benzene rings is 1. The molecule has 0 spiro atoms. The molecule has 1 aliphatic heterocycles. The van der Waals surface area contributed by atoms with Gasteiger partial charge in [-0.05, 0) is 56.5 Å². The molecule has 0 radical (unpaired) electrons. The Morgan fingerprint density at radius 3 is 2.37 bits per heavy atom. The van der Waals surface area contributed by atoms with Crippen LogP contribution < -0.4 is 10.6 Å². The number of carboxylic acid groups (broad SMARTS) is 1. The highest BCUT2D eigenvalue weighted by Crippen LogP contribution is 2.37. The van der Waals surface area contributed by atoms with Crippen molar-refractivity contribution in [2.45, 2.75) is 52.6 Å². The molecule has 214 valence electrons. The lowest BCUT2D eigenvalue weighted by Gasteiger charge is -2.44. The van der Waals surface area contributed by atoms with Crippen LogP contribution in [0.4, 0.5) is 19.4 Å². The van der Waals surface area contributed by atoms with Crippen LogP contribution in [-0.4, -0.2) is 65.9 Å². The summed E-state index contributed by atoms with van der Waals surface area (Å²) in [6, 6.07) is 5.64. The Balaban J connectivity index is 1.88. The molecule has 1 fully saturated rings. The van der Waals surface area contributed by atoms with Gasteiger partial charge in [-0.25, -0.2) is 27.9 Å². The van der Waals surface area contributed by atoms with Crippen molar-refractivity contribution >= 4 is 22.9 Å².